The quantitative estimate of drug-likeness (QED) is 0.261. The zero-order valence-corrected chi connectivity index (χ0v) is 20.8. The lowest BCUT2D eigenvalue weighted by atomic mass is 10.2. The monoisotopic (exact) mass is 512 g/mol. The number of imide groups is 1. The van der Waals surface area contributed by atoms with Gasteiger partial charge in [-0.15, -0.1) is 0 Å². The van der Waals surface area contributed by atoms with E-state index in [-0.39, 0.29) is 5.70 Å². The van der Waals surface area contributed by atoms with Crippen LogP contribution in [0.25, 0.3) is 0 Å². The van der Waals surface area contributed by atoms with Crippen LogP contribution in [0, 0.1) is 6.92 Å². The van der Waals surface area contributed by atoms with Crippen LogP contribution in [0.2, 0.25) is 5.02 Å². The number of nitrogens with zero attached hydrogens (tertiary/aromatic N) is 1. The van der Waals surface area contributed by atoms with Crippen molar-refractivity contribution in [3.63, 3.8) is 0 Å². The summed E-state index contributed by atoms with van der Waals surface area (Å²) in [6, 6.07) is 31.1. The van der Waals surface area contributed by atoms with Gasteiger partial charge < -0.3 is 10.1 Å². The number of anilines is 2. The second kappa shape index (κ2) is 10.3. The standard InChI is InChI=1S/C29H21ClN2O3S/c1-19-7-5-6-10-25(19)31-26-27(36-24-17-11-20(30)12-18-24)29(34)32(28(26)33)21-13-15-23(16-14-21)35-22-8-3-2-4-9-22/h2-18,31H,1H3. The van der Waals surface area contributed by atoms with Crippen molar-refractivity contribution in [2.24, 2.45) is 0 Å². The highest BCUT2D eigenvalue weighted by Crippen LogP contribution is 2.39. The molecule has 178 valence electrons. The Balaban J connectivity index is 1.46. The fourth-order valence-electron chi connectivity index (χ4n) is 3.71. The van der Waals surface area contributed by atoms with Crippen molar-refractivity contribution >= 4 is 46.6 Å². The number of halogens is 1. The van der Waals surface area contributed by atoms with Crippen LogP contribution in [0.15, 0.2) is 119 Å². The number of benzene rings is 4. The van der Waals surface area contributed by atoms with Gasteiger partial charge >= 0.3 is 0 Å². The molecule has 5 nitrogen and oxygen atoms in total. The van der Waals surface area contributed by atoms with Crippen LogP contribution >= 0.6 is 23.4 Å². The Morgan fingerprint density at radius 1 is 0.750 bits per heavy atom. The van der Waals surface area contributed by atoms with E-state index in [0.717, 1.165) is 16.1 Å². The molecule has 0 radical (unpaired) electrons. The molecule has 1 heterocycles. The van der Waals surface area contributed by atoms with Crippen molar-refractivity contribution in [3.8, 4) is 11.5 Å². The maximum absolute atomic E-state index is 13.6. The van der Waals surface area contributed by atoms with Crippen molar-refractivity contribution in [2.75, 3.05) is 10.2 Å². The number of rotatable bonds is 7. The Bertz CT molecular complexity index is 1450. The summed E-state index contributed by atoms with van der Waals surface area (Å²) in [6.45, 7) is 1.94. The number of nitrogens with one attached hydrogen (secondary N) is 1. The highest BCUT2D eigenvalue weighted by Gasteiger charge is 2.40. The van der Waals surface area contributed by atoms with E-state index in [1.165, 1.54) is 16.7 Å². The zero-order valence-electron chi connectivity index (χ0n) is 19.3. The third kappa shape index (κ3) is 5.00. The predicted octanol–water partition coefficient (Wildman–Crippen LogP) is 7.43. The number of thioether (sulfide) groups is 1. The zero-order chi connectivity index (χ0) is 25.1. The van der Waals surface area contributed by atoms with E-state index < -0.39 is 11.8 Å². The average Bonchev–Trinajstić information content (AvgIpc) is 3.12. The largest absolute Gasteiger partial charge is 0.457 e. The van der Waals surface area contributed by atoms with E-state index >= 15 is 0 Å². The highest BCUT2D eigenvalue weighted by molar-refractivity contribution is 8.04. The van der Waals surface area contributed by atoms with Gasteiger partial charge in [0.15, 0.2) is 0 Å². The van der Waals surface area contributed by atoms with E-state index in [4.69, 9.17) is 16.3 Å². The number of amides is 2. The molecule has 0 unspecified atom stereocenters. The van der Waals surface area contributed by atoms with Crippen LogP contribution < -0.4 is 15.0 Å². The van der Waals surface area contributed by atoms with Gasteiger partial charge in [0.1, 0.15) is 22.1 Å². The van der Waals surface area contributed by atoms with Crippen LogP contribution in [-0.4, -0.2) is 11.8 Å². The first-order valence-electron chi connectivity index (χ1n) is 11.2. The fraction of sp³-hybridized carbons (Fsp3) is 0.0345. The maximum atomic E-state index is 13.6. The molecule has 36 heavy (non-hydrogen) atoms. The van der Waals surface area contributed by atoms with Gasteiger partial charge in [-0.1, -0.05) is 59.8 Å². The minimum atomic E-state index is -0.420. The molecule has 0 saturated carbocycles. The SMILES string of the molecule is Cc1ccccc1NC1=C(Sc2ccc(Cl)cc2)C(=O)N(c2ccc(Oc3ccccc3)cc2)C1=O. The second-order valence-corrected chi connectivity index (χ2v) is 9.57. The minimum Gasteiger partial charge on any atom is -0.457 e. The fourth-order valence-corrected chi connectivity index (χ4v) is 4.76. The molecule has 0 aliphatic carbocycles. The minimum absolute atomic E-state index is 0.235. The molecule has 0 aromatic heterocycles. The molecule has 2 amide bonds. The molecule has 1 N–H and O–H groups in total. The first-order valence-corrected chi connectivity index (χ1v) is 12.4. The predicted molar refractivity (Wildman–Crippen MR) is 145 cm³/mol. The van der Waals surface area contributed by atoms with Gasteiger partial charge in [-0.3, -0.25) is 9.59 Å². The summed E-state index contributed by atoms with van der Waals surface area (Å²) in [6.07, 6.45) is 0. The Morgan fingerprint density at radius 2 is 1.39 bits per heavy atom. The average molecular weight is 513 g/mol. The summed E-state index contributed by atoms with van der Waals surface area (Å²) in [7, 11) is 0. The maximum Gasteiger partial charge on any atom is 0.283 e. The van der Waals surface area contributed by atoms with Gasteiger partial charge in [0.25, 0.3) is 11.8 Å². The van der Waals surface area contributed by atoms with Gasteiger partial charge in [0.05, 0.1) is 5.69 Å². The first-order chi connectivity index (χ1) is 17.5. The Morgan fingerprint density at radius 3 is 2.08 bits per heavy atom. The molecular weight excluding hydrogens is 492 g/mol. The molecular formula is C29H21ClN2O3S. The molecule has 1 aliphatic heterocycles. The summed E-state index contributed by atoms with van der Waals surface area (Å²) < 4.78 is 5.85. The Labute approximate surface area is 218 Å². The molecule has 7 heteroatoms. The van der Waals surface area contributed by atoms with Crippen LogP contribution in [0.1, 0.15) is 5.56 Å². The summed E-state index contributed by atoms with van der Waals surface area (Å²) >= 11 is 7.26. The molecule has 5 rings (SSSR count). The molecule has 1 aliphatic rings. The van der Waals surface area contributed by atoms with E-state index in [1.807, 2.05) is 73.7 Å². The Kier molecular flexibility index (Phi) is 6.80. The summed E-state index contributed by atoms with van der Waals surface area (Å²) in [5.74, 6) is 0.488. The number of carbonyl (C=O) groups excluding carboxylic acids is 2. The van der Waals surface area contributed by atoms with Crippen molar-refractivity contribution in [1.82, 2.24) is 0 Å². The molecule has 4 aromatic carbocycles. The number of hydrogen-bond donors (Lipinski definition) is 1. The molecule has 0 saturated heterocycles. The molecule has 0 fully saturated rings. The van der Waals surface area contributed by atoms with E-state index in [1.54, 1.807) is 36.4 Å². The lowest BCUT2D eigenvalue weighted by molar-refractivity contribution is -0.120. The van der Waals surface area contributed by atoms with Crippen LogP contribution in [-0.2, 0) is 9.59 Å². The van der Waals surface area contributed by atoms with Gasteiger partial charge in [0, 0.05) is 15.6 Å². The Hall–Kier alpha value is -4.00. The molecule has 0 spiro atoms. The van der Waals surface area contributed by atoms with Crippen LogP contribution in [0.4, 0.5) is 11.4 Å². The number of carbonyl (C=O) groups is 2. The van der Waals surface area contributed by atoms with Gasteiger partial charge in [-0.25, -0.2) is 4.90 Å². The number of para-hydroxylation sites is 2. The van der Waals surface area contributed by atoms with Crippen LogP contribution in [0.5, 0.6) is 11.5 Å². The first kappa shape index (κ1) is 23.7. The second-order valence-electron chi connectivity index (χ2n) is 8.05. The third-order valence-electron chi connectivity index (χ3n) is 5.55. The van der Waals surface area contributed by atoms with E-state index in [0.29, 0.717) is 27.1 Å². The third-order valence-corrected chi connectivity index (χ3v) is 6.90. The van der Waals surface area contributed by atoms with Crippen molar-refractivity contribution in [1.29, 1.82) is 0 Å². The molecule has 0 atom stereocenters. The lowest BCUT2D eigenvalue weighted by Gasteiger charge is -2.16. The van der Waals surface area contributed by atoms with Gasteiger partial charge in [-0.2, -0.15) is 0 Å². The number of hydrogen-bond acceptors (Lipinski definition) is 5. The van der Waals surface area contributed by atoms with E-state index in [9.17, 15) is 9.59 Å². The summed E-state index contributed by atoms with van der Waals surface area (Å²) in [5, 5.41) is 3.81. The topological polar surface area (TPSA) is 58.6 Å². The smallest absolute Gasteiger partial charge is 0.283 e. The van der Waals surface area contributed by atoms with Crippen molar-refractivity contribution in [2.45, 2.75) is 11.8 Å². The van der Waals surface area contributed by atoms with Crippen molar-refractivity contribution in [3.05, 3.63) is 124 Å². The summed E-state index contributed by atoms with van der Waals surface area (Å²) in [4.78, 5) is 29.5. The highest BCUT2D eigenvalue weighted by atomic mass is 35.5. The molecule has 0 bridgehead atoms. The van der Waals surface area contributed by atoms with Crippen LogP contribution in [0.3, 0.4) is 0 Å². The van der Waals surface area contributed by atoms with E-state index in [2.05, 4.69) is 5.32 Å². The number of aryl methyl sites for hydroxylation is 1. The number of ether oxygens (including phenoxy) is 1. The van der Waals surface area contributed by atoms with Gasteiger partial charge in [-0.05, 0) is 79.2 Å². The van der Waals surface area contributed by atoms with Crippen molar-refractivity contribution < 1.29 is 14.3 Å². The molecule has 4 aromatic rings. The lowest BCUT2D eigenvalue weighted by Crippen LogP contribution is -2.32. The normalized spacial score (nSPS) is 13.3. The summed E-state index contributed by atoms with van der Waals surface area (Å²) in [5.41, 5.74) is 2.42. The van der Waals surface area contributed by atoms with Gasteiger partial charge in [0.2, 0.25) is 0 Å².